The molecule has 1 aromatic heterocycles. The third-order valence-electron chi connectivity index (χ3n) is 13.2. The quantitative estimate of drug-likeness (QED) is 0.299. The number of ether oxygens (including phenoxy) is 7. The number of aliphatic hydroxyl groups is 1. The molecule has 53 heavy (non-hydrogen) atoms. The molecule has 14 atom stereocenters. The number of cyclic esters (lactones) is 1. The van der Waals surface area contributed by atoms with Gasteiger partial charge in [-0.05, 0) is 18.9 Å². The Kier molecular flexibility index (Phi) is 9.06. The van der Waals surface area contributed by atoms with Crippen LogP contribution in [0.4, 0.5) is 0 Å². The third kappa shape index (κ3) is 5.13. The zero-order chi connectivity index (χ0) is 39.2. The summed E-state index contributed by atoms with van der Waals surface area (Å²) in [6, 6.07) is 1.57. The molecule has 0 amide bonds. The zero-order valence-electron chi connectivity index (χ0n) is 31.1. The smallest absolute Gasteiger partial charge is 0.347 e. The van der Waals surface area contributed by atoms with E-state index in [0.29, 0.717) is 5.56 Å². The molecule has 2 bridgehead atoms. The molecule has 1 N–H and O–H groups in total. The molecule has 5 aliphatic rings. The minimum atomic E-state index is -2.28. The summed E-state index contributed by atoms with van der Waals surface area (Å²) in [5.41, 5.74) is -8.10. The molecule has 2 heterocycles. The van der Waals surface area contributed by atoms with E-state index in [1.165, 1.54) is 26.4 Å². The highest BCUT2D eigenvalue weighted by atomic mass is 16.6. The van der Waals surface area contributed by atoms with Crippen molar-refractivity contribution in [1.82, 2.24) is 0 Å². The molecule has 0 aromatic carbocycles. The number of rotatable bonds is 8. The maximum Gasteiger partial charge on any atom is 0.347 e. The van der Waals surface area contributed by atoms with Gasteiger partial charge in [-0.15, -0.1) is 0 Å². The maximum atomic E-state index is 13.9. The van der Waals surface area contributed by atoms with Gasteiger partial charge >= 0.3 is 41.8 Å². The zero-order valence-corrected chi connectivity index (χ0v) is 31.1. The molecular formula is C37H46O16. The maximum absolute atomic E-state index is 13.9. The minimum Gasteiger partial charge on any atom is -0.472 e. The summed E-state index contributed by atoms with van der Waals surface area (Å²) in [7, 11) is 1.10. The lowest BCUT2D eigenvalue weighted by atomic mass is 9.35. The van der Waals surface area contributed by atoms with Crippen LogP contribution in [-0.4, -0.2) is 89.6 Å². The third-order valence-corrected chi connectivity index (χ3v) is 13.2. The Balaban J connectivity index is 1.73. The molecule has 4 aliphatic carbocycles. The van der Waals surface area contributed by atoms with Crippen LogP contribution in [0.25, 0.3) is 0 Å². The van der Waals surface area contributed by atoms with E-state index in [-0.39, 0.29) is 12.8 Å². The first-order valence-electron chi connectivity index (χ1n) is 17.5. The summed E-state index contributed by atoms with van der Waals surface area (Å²) in [6.07, 6.45) is -4.95. The summed E-state index contributed by atoms with van der Waals surface area (Å²) in [4.78, 5) is 92.5. The average molecular weight is 747 g/mol. The number of esters is 7. The van der Waals surface area contributed by atoms with Crippen LogP contribution in [0.3, 0.4) is 0 Å². The molecule has 1 aliphatic heterocycles. The molecule has 1 saturated heterocycles. The Morgan fingerprint density at radius 1 is 0.868 bits per heavy atom. The van der Waals surface area contributed by atoms with Crippen molar-refractivity contribution in [1.29, 1.82) is 0 Å². The van der Waals surface area contributed by atoms with Crippen molar-refractivity contribution in [3.8, 4) is 0 Å². The van der Waals surface area contributed by atoms with Crippen LogP contribution in [0.2, 0.25) is 0 Å². The Labute approximate surface area is 305 Å². The fourth-order valence-corrected chi connectivity index (χ4v) is 12.0. The summed E-state index contributed by atoms with van der Waals surface area (Å²) < 4.78 is 46.9. The Hall–Kier alpha value is -4.47. The lowest BCUT2D eigenvalue weighted by Crippen LogP contribution is -2.83. The first kappa shape index (κ1) is 38.3. The number of furan rings is 1. The Morgan fingerprint density at radius 3 is 2.02 bits per heavy atom. The standard InChI is InChI=1S/C37H46O16/c1-16(38)48-24-12-23-35(8)28(27(32(44)46-9)49-17(2)39)33(6)15-36(35,53-20(5)42)26(30(33)50-18(3)40)31(51-19(4)41)37(23,45)22-13-25(43)52-29(34(22,24)7)21-10-11-47-14-21/h10-11,14,22-24,26-31,45H,12-13,15H2,1-9H3. The van der Waals surface area contributed by atoms with E-state index in [1.54, 1.807) is 26.8 Å². The highest BCUT2D eigenvalue weighted by Crippen LogP contribution is 2.82. The van der Waals surface area contributed by atoms with Gasteiger partial charge in [-0.2, -0.15) is 0 Å². The topological polar surface area (TPSA) is 217 Å². The van der Waals surface area contributed by atoms with Crippen molar-refractivity contribution in [2.75, 3.05) is 7.11 Å². The second-order valence-electron chi connectivity index (χ2n) is 15.9. The van der Waals surface area contributed by atoms with Crippen LogP contribution in [0.15, 0.2) is 23.0 Å². The Morgan fingerprint density at radius 2 is 1.49 bits per heavy atom. The predicted molar refractivity (Wildman–Crippen MR) is 173 cm³/mol. The van der Waals surface area contributed by atoms with Crippen molar-refractivity contribution < 1.29 is 76.2 Å². The van der Waals surface area contributed by atoms with Gasteiger partial charge in [0, 0.05) is 68.8 Å². The number of fused-ring (bicyclic) bond motifs is 5. The normalized spacial score (nSPS) is 42.5. The first-order chi connectivity index (χ1) is 24.6. The van der Waals surface area contributed by atoms with Gasteiger partial charge in [0.15, 0.2) is 0 Å². The van der Waals surface area contributed by atoms with Gasteiger partial charge in [-0.3, -0.25) is 28.8 Å². The van der Waals surface area contributed by atoms with Gasteiger partial charge in [0.1, 0.15) is 35.6 Å². The van der Waals surface area contributed by atoms with Crippen LogP contribution < -0.4 is 0 Å². The van der Waals surface area contributed by atoms with Crippen molar-refractivity contribution >= 4 is 41.8 Å². The summed E-state index contributed by atoms with van der Waals surface area (Å²) in [5, 5.41) is 13.9. The molecule has 290 valence electrons. The fraction of sp³-hybridized carbons (Fsp3) is 0.703. The van der Waals surface area contributed by atoms with Gasteiger partial charge in [-0.1, -0.05) is 20.8 Å². The average Bonchev–Trinajstić information content (AvgIpc) is 3.70. The van der Waals surface area contributed by atoms with E-state index in [0.717, 1.165) is 27.9 Å². The van der Waals surface area contributed by atoms with Crippen LogP contribution in [0, 0.1) is 39.9 Å². The van der Waals surface area contributed by atoms with E-state index in [2.05, 4.69) is 0 Å². The number of methoxy groups -OCH3 is 1. The van der Waals surface area contributed by atoms with Gasteiger partial charge in [0.05, 0.1) is 37.4 Å². The molecule has 1 aromatic rings. The molecule has 5 fully saturated rings. The van der Waals surface area contributed by atoms with Crippen molar-refractivity contribution in [3.05, 3.63) is 24.2 Å². The van der Waals surface area contributed by atoms with E-state index in [4.69, 9.17) is 37.6 Å². The number of hydrogen-bond acceptors (Lipinski definition) is 16. The molecule has 16 heteroatoms. The van der Waals surface area contributed by atoms with E-state index in [9.17, 15) is 38.7 Å². The Bertz CT molecular complexity index is 1740. The number of carbonyl (C=O) groups is 7. The molecule has 0 radical (unpaired) electrons. The molecule has 16 nitrogen and oxygen atoms in total. The van der Waals surface area contributed by atoms with Crippen LogP contribution >= 0.6 is 0 Å². The predicted octanol–water partition coefficient (Wildman–Crippen LogP) is 2.52. The second kappa shape index (κ2) is 12.6. The molecule has 0 spiro atoms. The second-order valence-corrected chi connectivity index (χ2v) is 15.9. The molecular weight excluding hydrogens is 700 g/mol. The molecule has 14 unspecified atom stereocenters. The van der Waals surface area contributed by atoms with Crippen LogP contribution in [0.5, 0.6) is 0 Å². The summed E-state index contributed by atoms with van der Waals surface area (Å²) in [5.74, 6) is -10.6. The van der Waals surface area contributed by atoms with Gasteiger partial charge in [0.25, 0.3) is 0 Å². The van der Waals surface area contributed by atoms with Crippen molar-refractivity contribution in [2.24, 2.45) is 39.9 Å². The van der Waals surface area contributed by atoms with Gasteiger partial charge in [-0.25, -0.2) is 4.79 Å². The highest BCUT2D eigenvalue weighted by Gasteiger charge is 2.92. The van der Waals surface area contributed by atoms with Crippen molar-refractivity contribution in [3.63, 3.8) is 0 Å². The van der Waals surface area contributed by atoms with E-state index >= 15 is 0 Å². The van der Waals surface area contributed by atoms with E-state index in [1.807, 2.05) is 0 Å². The molecule has 4 saturated carbocycles. The monoisotopic (exact) mass is 746 g/mol. The number of hydrogen-bond donors (Lipinski definition) is 1. The van der Waals surface area contributed by atoms with E-state index < -0.39 is 130 Å². The van der Waals surface area contributed by atoms with Crippen LogP contribution in [-0.2, 0) is 66.7 Å². The highest BCUT2D eigenvalue weighted by molar-refractivity contribution is 5.80. The summed E-state index contributed by atoms with van der Waals surface area (Å²) >= 11 is 0. The molecule has 6 rings (SSSR count). The lowest BCUT2D eigenvalue weighted by molar-refractivity contribution is -0.369. The minimum absolute atomic E-state index is 0.109. The fourth-order valence-electron chi connectivity index (χ4n) is 12.0. The number of carbonyl (C=O) groups excluding carboxylic acids is 7. The first-order valence-corrected chi connectivity index (χ1v) is 17.5. The van der Waals surface area contributed by atoms with Crippen molar-refractivity contribution in [2.45, 2.75) is 116 Å². The largest absolute Gasteiger partial charge is 0.472 e. The SMILES string of the molecule is COC(=O)C(OC(C)=O)C1C2(C)CC3(OC(C)=O)C(C2OC(C)=O)C(OC(C)=O)C2(O)C4CC(=O)OC(c5ccoc5)C4(C)C(OC(C)=O)CC2C13C. The lowest BCUT2D eigenvalue weighted by Gasteiger charge is -2.73. The van der Waals surface area contributed by atoms with Crippen LogP contribution in [0.1, 0.15) is 86.3 Å². The summed E-state index contributed by atoms with van der Waals surface area (Å²) in [6.45, 7) is 10.8. The van der Waals surface area contributed by atoms with Gasteiger partial charge < -0.3 is 42.7 Å². The van der Waals surface area contributed by atoms with Gasteiger partial charge in [0.2, 0.25) is 6.10 Å².